The molecule has 0 bridgehead atoms. The van der Waals surface area contributed by atoms with Gasteiger partial charge < -0.3 is 0 Å². The lowest BCUT2D eigenvalue weighted by Gasteiger charge is -2.17. The largest absolute Gasteiger partial charge is 0.288 e. The first kappa shape index (κ1) is 13.6. The number of pyridine rings is 1. The average molecular weight is 282 g/mol. The van der Waals surface area contributed by atoms with Crippen LogP contribution in [0.4, 0.5) is 0 Å². The molecule has 1 aliphatic carbocycles. The molecule has 0 aliphatic heterocycles. The number of hydrogen-bond donors (Lipinski definition) is 0. The number of hydrogen-bond acceptors (Lipinski definition) is 5. The van der Waals surface area contributed by atoms with Gasteiger partial charge in [0.15, 0.2) is 6.20 Å². The molecule has 1 aromatic heterocycles. The molecular formula is C12H8ClNO5. The van der Waals surface area contributed by atoms with Crippen LogP contribution in [0.25, 0.3) is 11.3 Å². The van der Waals surface area contributed by atoms with Crippen LogP contribution in [0, 0.1) is 10.2 Å². The smallest absolute Gasteiger partial charge is 0.222 e. The molecule has 2 aromatic rings. The van der Waals surface area contributed by atoms with E-state index in [4.69, 9.17) is 18.6 Å². The number of aromatic amines is 1. The third-order valence-electron chi connectivity index (χ3n) is 2.54. The van der Waals surface area contributed by atoms with E-state index in [0.29, 0.717) is 0 Å². The van der Waals surface area contributed by atoms with Crippen LogP contribution in [0.2, 0.25) is 0 Å². The monoisotopic (exact) mass is 281 g/mol. The van der Waals surface area contributed by atoms with E-state index in [1.165, 1.54) is 0 Å². The molecule has 6 nitrogen and oxygen atoms in total. The molecule has 0 fully saturated rings. The minimum absolute atomic E-state index is 0.118. The molecule has 1 aromatic carbocycles. The van der Waals surface area contributed by atoms with Gasteiger partial charge in [-0.1, -0.05) is 18.2 Å². The summed E-state index contributed by atoms with van der Waals surface area (Å²) in [6, 6.07) is 11.4. The third kappa shape index (κ3) is 3.14. The number of fused-ring (bicyclic) bond motifs is 3. The molecule has 0 spiro atoms. The van der Waals surface area contributed by atoms with Gasteiger partial charge in [0.05, 0.1) is 11.1 Å². The molecule has 1 aliphatic rings. The van der Waals surface area contributed by atoms with Crippen molar-refractivity contribution in [2.45, 2.75) is 0 Å². The van der Waals surface area contributed by atoms with E-state index in [9.17, 15) is 4.79 Å². The maximum Gasteiger partial charge on any atom is 0.222 e. The van der Waals surface area contributed by atoms with Crippen molar-refractivity contribution in [3.05, 3.63) is 53.7 Å². The highest BCUT2D eigenvalue weighted by molar-refractivity contribution is 6.20. The standard InChI is InChI=1S/C12H7NO.ClHO4/c14-12-9-5-2-1-4-8(9)11-10(12)6-3-7-13-11;2-1(3,4)5/h1-7H;(H,2,3,4,5). The van der Waals surface area contributed by atoms with Gasteiger partial charge >= 0.3 is 0 Å². The number of nitrogens with one attached hydrogen (secondary N) is 1. The quantitative estimate of drug-likeness (QED) is 0.433. The molecule has 0 atom stereocenters. The van der Waals surface area contributed by atoms with Crippen molar-refractivity contribution in [3.8, 4) is 11.3 Å². The van der Waals surface area contributed by atoms with E-state index in [0.717, 1.165) is 22.4 Å². The molecule has 0 saturated heterocycles. The van der Waals surface area contributed by atoms with Gasteiger partial charge in [-0.15, -0.1) is 10.2 Å². The second-order valence-electron chi connectivity index (χ2n) is 3.71. The molecule has 0 saturated carbocycles. The molecule has 1 heterocycles. The Labute approximate surface area is 110 Å². The second kappa shape index (κ2) is 5.04. The van der Waals surface area contributed by atoms with Gasteiger partial charge in [0, 0.05) is 11.6 Å². The fourth-order valence-electron chi connectivity index (χ4n) is 1.89. The van der Waals surface area contributed by atoms with E-state index in [1.54, 1.807) is 0 Å². The molecule has 3 rings (SSSR count). The van der Waals surface area contributed by atoms with Crippen molar-refractivity contribution >= 4 is 5.78 Å². The van der Waals surface area contributed by atoms with Crippen molar-refractivity contribution in [2.24, 2.45) is 0 Å². The fraction of sp³-hybridized carbons (Fsp3) is 0. The highest BCUT2D eigenvalue weighted by Crippen LogP contribution is 2.32. The number of rotatable bonds is 0. The van der Waals surface area contributed by atoms with Gasteiger partial charge in [0.25, 0.3) is 0 Å². The van der Waals surface area contributed by atoms with E-state index in [1.807, 2.05) is 42.6 Å². The third-order valence-corrected chi connectivity index (χ3v) is 2.54. The van der Waals surface area contributed by atoms with E-state index >= 15 is 0 Å². The normalized spacial score (nSPS) is 12.3. The van der Waals surface area contributed by atoms with Crippen LogP contribution in [0.5, 0.6) is 0 Å². The van der Waals surface area contributed by atoms with E-state index in [-0.39, 0.29) is 5.78 Å². The maximum absolute atomic E-state index is 11.9. The summed E-state index contributed by atoms with van der Waals surface area (Å²) in [5, 5.41) is 0. The fourth-order valence-corrected chi connectivity index (χ4v) is 1.89. The van der Waals surface area contributed by atoms with Gasteiger partial charge in [-0.3, -0.25) is 4.79 Å². The average Bonchev–Trinajstić information content (AvgIpc) is 2.63. The zero-order chi connectivity index (χ0) is 14.0. The molecule has 0 amide bonds. The van der Waals surface area contributed by atoms with Gasteiger partial charge in [-0.25, -0.2) is 23.6 Å². The maximum atomic E-state index is 11.9. The summed E-state index contributed by atoms with van der Waals surface area (Å²) < 4.78 is 34.0. The molecule has 19 heavy (non-hydrogen) atoms. The van der Waals surface area contributed by atoms with Crippen molar-refractivity contribution in [2.75, 3.05) is 0 Å². The Morgan fingerprint density at radius 2 is 1.37 bits per heavy atom. The predicted octanol–water partition coefficient (Wildman–Crippen LogP) is -3.04. The number of carbonyl (C=O) groups is 1. The van der Waals surface area contributed by atoms with E-state index in [2.05, 4.69) is 4.98 Å². The van der Waals surface area contributed by atoms with Crippen molar-refractivity contribution in [1.82, 2.24) is 0 Å². The minimum atomic E-state index is -4.94. The van der Waals surface area contributed by atoms with Crippen LogP contribution in [0.3, 0.4) is 0 Å². The minimum Gasteiger partial charge on any atom is -0.288 e. The number of benzene rings is 1. The Balaban J connectivity index is 0.000000232. The Morgan fingerprint density at radius 3 is 2.00 bits per heavy atom. The van der Waals surface area contributed by atoms with Crippen molar-refractivity contribution in [1.29, 1.82) is 0 Å². The molecular weight excluding hydrogens is 274 g/mol. The summed E-state index contributed by atoms with van der Waals surface area (Å²) >= 11 is 0. The summed E-state index contributed by atoms with van der Waals surface area (Å²) in [5.74, 6) is 0.118. The molecule has 98 valence electrons. The van der Waals surface area contributed by atoms with Crippen LogP contribution in [-0.4, -0.2) is 5.78 Å². The summed E-state index contributed by atoms with van der Waals surface area (Å²) in [6.07, 6.45) is 1.84. The zero-order valence-electron chi connectivity index (χ0n) is 9.46. The highest BCUT2D eigenvalue weighted by Gasteiger charge is 2.30. The van der Waals surface area contributed by atoms with Crippen molar-refractivity contribution in [3.63, 3.8) is 0 Å². The van der Waals surface area contributed by atoms with Gasteiger partial charge in [0.2, 0.25) is 11.5 Å². The van der Waals surface area contributed by atoms with E-state index < -0.39 is 10.2 Å². The molecule has 7 heteroatoms. The Kier molecular flexibility index (Phi) is 3.61. The highest BCUT2D eigenvalue weighted by atomic mass is 35.7. The SMILES string of the molecule is O=C1c2ccccc2-c2[nH+]cccc21.[O-][Cl+3]([O-])([O-])[O-]. The van der Waals surface area contributed by atoms with Crippen molar-refractivity contribution < 1.29 is 38.7 Å². The summed E-state index contributed by atoms with van der Waals surface area (Å²) in [5.41, 5.74) is 3.51. The molecule has 0 radical (unpaired) electrons. The Morgan fingerprint density at radius 1 is 0.842 bits per heavy atom. The summed E-state index contributed by atoms with van der Waals surface area (Å²) in [7, 11) is -4.94. The predicted molar refractivity (Wildman–Crippen MR) is 51.9 cm³/mol. The lowest BCUT2D eigenvalue weighted by atomic mass is 10.1. The number of ketones is 1. The van der Waals surface area contributed by atoms with Gasteiger partial charge in [-0.2, -0.15) is 0 Å². The molecule has 1 N–H and O–H groups in total. The van der Waals surface area contributed by atoms with Gasteiger partial charge in [0.1, 0.15) is 0 Å². The Hall–Kier alpha value is -1.83. The van der Waals surface area contributed by atoms with Crippen LogP contribution >= 0.6 is 0 Å². The first-order chi connectivity index (χ1) is 8.88. The number of carbonyl (C=O) groups excluding carboxylic acids is 1. The van der Waals surface area contributed by atoms with Crippen LogP contribution in [-0.2, 0) is 0 Å². The first-order valence-electron chi connectivity index (χ1n) is 5.14. The molecule has 0 unspecified atom stereocenters. The number of halogens is 1. The first-order valence-corrected chi connectivity index (χ1v) is 6.38. The summed E-state index contributed by atoms with van der Waals surface area (Å²) in [4.78, 5) is 15.0. The Bertz CT molecular complexity index is 570. The van der Waals surface area contributed by atoms with Crippen LogP contribution < -0.4 is 23.6 Å². The van der Waals surface area contributed by atoms with Gasteiger partial charge in [-0.05, 0) is 12.1 Å². The lowest BCUT2D eigenvalue weighted by Crippen LogP contribution is -2.68. The van der Waals surface area contributed by atoms with Crippen LogP contribution in [0.15, 0.2) is 42.6 Å². The zero-order valence-corrected chi connectivity index (χ0v) is 10.2. The number of aromatic nitrogens is 1. The second-order valence-corrected chi connectivity index (χ2v) is 4.47. The lowest BCUT2D eigenvalue weighted by molar-refractivity contribution is -2.00. The summed E-state index contributed by atoms with van der Waals surface area (Å²) in [6.45, 7) is 0. The van der Waals surface area contributed by atoms with Crippen LogP contribution in [0.1, 0.15) is 15.9 Å². The topological polar surface area (TPSA) is 123 Å². The number of H-pyrrole nitrogens is 1.